The normalized spacial score (nSPS) is 16.5. The van der Waals surface area contributed by atoms with Crippen LogP contribution >= 0.6 is 11.8 Å². The zero-order valence-corrected chi connectivity index (χ0v) is 12.8. The van der Waals surface area contributed by atoms with Gasteiger partial charge in [-0.2, -0.15) is 0 Å². The van der Waals surface area contributed by atoms with E-state index in [-0.39, 0.29) is 0 Å². The van der Waals surface area contributed by atoms with Crippen LogP contribution in [0.5, 0.6) is 0 Å². The Morgan fingerprint density at radius 2 is 1.95 bits per heavy atom. The Hall–Kier alpha value is -2.17. The summed E-state index contributed by atoms with van der Waals surface area (Å²) in [6.07, 6.45) is 7.78. The van der Waals surface area contributed by atoms with Crippen LogP contribution in [0, 0.1) is 0 Å². The molecule has 0 saturated carbocycles. The third-order valence-electron chi connectivity index (χ3n) is 3.74. The van der Waals surface area contributed by atoms with Crippen LogP contribution in [0.1, 0.15) is 5.56 Å². The van der Waals surface area contributed by atoms with Gasteiger partial charge in [-0.3, -0.25) is 9.97 Å². The molecule has 108 valence electrons. The van der Waals surface area contributed by atoms with Gasteiger partial charge in [0.2, 0.25) is 0 Å². The highest BCUT2D eigenvalue weighted by Crippen LogP contribution is 2.29. The van der Waals surface area contributed by atoms with Crippen molar-refractivity contribution in [3.8, 4) is 11.1 Å². The van der Waals surface area contributed by atoms with Crippen LogP contribution in [0.25, 0.3) is 28.1 Å². The Kier molecular flexibility index (Phi) is 3.62. The minimum absolute atomic E-state index is 0.965. The number of fused-ring (bicyclic) bond motifs is 1. The Morgan fingerprint density at radius 1 is 1.05 bits per heavy atom. The summed E-state index contributed by atoms with van der Waals surface area (Å²) in [6.45, 7) is 0.965. The van der Waals surface area contributed by atoms with Gasteiger partial charge in [0.05, 0.1) is 5.52 Å². The first-order chi connectivity index (χ1) is 10.9. The highest BCUT2D eigenvalue weighted by atomic mass is 32.2. The summed E-state index contributed by atoms with van der Waals surface area (Å²) >= 11 is 1.87. The molecule has 0 amide bonds. The molecule has 0 spiro atoms. The number of nitrogens with zero attached hydrogens (tertiary/aromatic N) is 2. The molecule has 3 heterocycles. The lowest BCUT2D eigenvalue weighted by atomic mass is 10.0. The minimum Gasteiger partial charge on any atom is -0.303 e. The number of rotatable bonds is 2. The van der Waals surface area contributed by atoms with Crippen molar-refractivity contribution in [3.63, 3.8) is 0 Å². The molecule has 1 aliphatic rings. The zero-order valence-electron chi connectivity index (χ0n) is 12.0. The average Bonchev–Trinajstić information content (AvgIpc) is 3.08. The van der Waals surface area contributed by atoms with Crippen molar-refractivity contribution in [1.29, 1.82) is 0 Å². The lowest BCUT2D eigenvalue weighted by Gasteiger charge is -2.07. The van der Waals surface area contributed by atoms with Gasteiger partial charge in [0, 0.05) is 41.3 Å². The van der Waals surface area contributed by atoms with E-state index in [1.165, 1.54) is 27.0 Å². The summed E-state index contributed by atoms with van der Waals surface area (Å²) in [6, 6.07) is 12.6. The average molecular weight is 305 g/mol. The van der Waals surface area contributed by atoms with E-state index in [9.17, 15) is 0 Å². The summed E-state index contributed by atoms with van der Waals surface area (Å²) in [7, 11) is 0. The SMILES string of the molecule is C(=C1CNCS1)c1ccc2nccc(-c3ccncc3)c2c1. The van der Waals surface area contributed by atoms with Gasteiger partial charge in [-0.15, -0.1) is 11.8 Å². The summed E-state index contributed by atoms with van der Waals surface area (Å²) < 4.78 is 0. The third-order valence-corrected chi connectivity index (χ3v) is 4.72. The van der Waals surface area contributed by atoms with Gasteiger partial charge in [0.25, 0.3) is 0 Å². The van der Waals surface area contributed by atoms with Crippen LogP contribution in [0.4, 0.5) is 0 Å². The quantitative estimate of drug-likeness (QED) is 0.778. The van der Waals surface area contributed by atoms with E-state index in [0.717, 1.165) is 17.9 Å². The molecule has 1 N–H and O–H groups in total. The standard InChI is InChI=1S/C18H15N3S/c1-2-18-17(10-13(1)9-15-11-20-12-22-15)16(5-8-21-18)14-3-6-19-7-4-14/h1-10,20H,11-12H2. The molecule has 4 heteroatoms. The predicted octanol–water partition coefficient (Wildman–Crippen LogP) is 3.93. The third kappa shape index (κ3) is 2.63. The van der Waals surface area contributed by atoms with E-state index in [1.54, 1.807) is 0 Å². The predicted molar refractivity (Wildman–Crippen MR) is 93.4 cm³/mol. The molecule has 1 saturated heterocycles. The fourth-order valence-corrected chi connectivity index (χ4v) is 3.50. The maximum absolute atomic E-state index is 4.49. The second kappa shape index (κ2) is 5.91. The number of nitrogens with one attached hydrogen (secondary N) is 1. The zero-order chi connectivity index (χ0) is 14.8. The van der Waals surface area contributed by atoms with Crippen molar-refractivity contribution < 1.29 is 0 Å². The Morgan fingerprint density at radius 3 is 2.77 bits per heavy atom. The molecule has 0 atom stereocenters. The minimum atomic E-state index is 0.965. The number of pyridine rings is 2. The van der Waals surface area contributed by atoms with Crippen molar-refractivity contribution >= 4 is 28.7 Å². The fourth-order valence-electron chi connectivity index (χ4n) is 2.68. The molecule has 1 aromatic carbocycles. The molecule has 3 nitrogen and oxygen atoms in total. The molecule has 0 radical (unpaired) electrons. The number of hydrogen-bond acceptors (Lipinski definition) is 4. The van der Waals surface area contributed by atoms with E-state index < -0.39 is 0 Å². The first-order valence-electron chi connectivity index (χ1n) is 7.23. The molecule has 0 bridgehead atoms. The van der Waals surface area contributed by atoms with Crippen LogP contribution in [-0.4, -0.2) is 22.4 Å². The van der Waals surface area contributed by atoms with Gasteiger partial charge in [0.1, 0.15) is 0 Å². The molecule has 1 fully saturated rings. The van der Waals surface area contributed by atoms with E-state index in [2.05, 4.69) is 45.6 Å². The number of aromatic nitrogens is 2. The molecular formula is C18H15N3S. The van der Waals surface area contributed by atoms with Crippen molar-refractivity contribution in [3.05, 3.63) is 65.5 Å². The lowest BCUT2D eigenvalue weighted by Crippen LogP contribution is -2.04. The van der Waals surface area contributed by atoms with Gasteiger partial charge >= 0.3 is 0 Å². The van der Waals surface area contributed by atoms with Gasteiger partial charge in [-0.05, 0) is 53.1 Å². The highest BCUT2D eigenvalue weighted by molar-refractivity contribution is 8.03. The molecule has 4 rings (SSSR count). The maximum Gasteiger partial charge on any atom is 0.0708 e. The fraction of sp³-hybridized carbons (Fsp3) is 0.111. The van der Waals surface area contributed by atoms with Crippen LogP contribution < -0.4 is 5.32 Å². The van der Waals surface area contributed by atoms with Gasteiger partial charge in [-0.1, -0.05) is 6.07 Å². The Balaban J connectivity index is 1.85. The van der Waals surface area contributed by atoms with Gasteiger partial charge < -0.3 is 5.32 Å². The molecule has 0 unspecified atom stereocenters. The molecule has 22 heavy (non-hydrogen) atoms. The summed E-state index contributed by atoms with van der Waals surface area (Å²) in [5.41, 5.74) is 4.62. The van der Waals surface area contributed by atoms with Crippen LogP contribution in [0.2, 0.25) is 0 Å². The van der Waals surface area contributed by atoms with Crippen LogP contribution in [0.15, 0.2) is 59.9 Å². The van der Waals surface area contributed by atoms with E-state index in [0.29, 0.717) is 0 Å². The molecule has 0 aliphatic carbocycles. The van der Waals surface area contributed by atoms with Crippen LogP contribution in [0.3, 0.4) is 0 Å². The van der Waals surface area contributed by atoms with E-state index in [1.807, 2.05) is 42.5 Å². The summed E-state index contributed by atoms with van der Waals surface area (Å²) in [4.78, 5) is 9.97. The van der Waals surface area contributed by atoms with E-state index >= 15 is 0 Å². The second-order valence-corrected chi connectivity index (χ2v) is 6.30. The number of thioether (sulfide) groups is 1. The van der Waals surface area contributed by atoms with Crippen molar-refractivity contribution in [2.24, 2.45) is 0 Å². The summed E-state index contributed by atoms with van der Waals surface area (Å²) in [5.74, 6) is 1.00. The second-order valence-electron chi connectivity index (χ2n) is 5.20. The first kappa shape index (κ1) is 13.5. The van der Waals surface area contributed by atoms with Crippen molar-refractivity contribution in [2.75, 3.05) is 12.4 Å². The maximum atomic E-state index is 4.49. The van der Waals surface area contributed by atoms with Crippen LogP contribution in [-0.2, 0) is 0 Å². The van der Waals surface area contributed by atoms with E-state index in [4.69, 9.17) is 0 Å². The molecule has 1 aliphatic heterocycles. The van der Waals surface area contributed by atoms with Gasteiger partial charge in [-0.25, -0.2) is 0 Å². The Bertz CT molecular complexity index is 835. The number of hydrogen-bond donors (Lipinski definition) is 1. The van der Waals surface area contributed by atoms with Crippen molar-refractivity contribution in [1.82, 2.24) is 15.3 Å². The molecule has 3 aromatic rings. The largest absolute Gasteiger partial charge is 0.303 e. The van der Waals surface area contributed by atoms with Gasteiger partial charge in [0.15, 0.2) is 0 Å². The molecular weight excluding hydrogens is 290 g/mol. The molecule has 2 aromatic heterocycles. The topological polar surface area (TPSA) is 37.8 Å². The number of benzene rings is 1. The first-order valence-corrected chi connectivity index (χ1v) is 8.22. The summed E-state index contributed by atoms with van der Waals surface area (Å²) in [5, 5.41) is 4.52. The van der Waals surface area contributed by atoms with Crippen molar-refractivity contribution in [2.45, 2.75) is 0 Å². The smallest absolute Gasteiger partial charge is 0.0708 e. The highest BCUT2D eigenvalue weighted by Gasteiger charge is 2.08. The Labute approximate surface area is 133 Å². The lowest BCUT2D eigenvalue weighted by molar-refractivity contribution is 0.916. The monoisotopic (exact) mass is 305 g/mol.